The Hall–Kier alpha value is -1.35. The Morgan fingerprint density at radius 1 is 1.11 bits per heavy atom. The van der Waals surface area contributed by atoms with Gasteiger partial charge >= 0.3 is 5.97 Å². The maximum absolute atomic E-state index is 11.4. The zero-order valence-electron chi connectivity index (χ0n) is 11.7. The molecule has 1 rings (SSSR count). The first-order chi connectivity index (χ1) is 8.51. The smallest absolute Gasteiger partial charge is 0.325 e. The molecule has 3 nitrogen and oxygen atoms in total. The minimum absolute atomic E-state index is 0.468. The Morgan fingerprint density at radius 2 is 1.56 bits per heavy atom. The van der Waals surface area contributed by atoms with Gasteiger partial charge < -0.3 is 5.11 Å². The van der Waals surface area contributed by atoms with Crippen LogP contribution in [0.25, 0.3) is 0 Å². The summed E-state index contributed by atoms with van der Waals surface area (Å²) in [6, 6.07) is 7.39. The van der Waals surface area contributed by atoms with E-state index in [0.29, 0.717) is 5.92 Å². The highest BCUT2D eigenvalue weighted by atomic mass is 16.4. The summed E-state index contributed by atoms with van der Waals surface area (Å²) in [5.74, 6) is -0.313. The summed E-state index contributed by atoms with van der Waals surface area (Å²) < 4.78 is 0. The molecule has 18 heavy (non-hydrogen) atoms. The van der Waals surface area contributed by atoms with Gasteiger partial charge in [0.25, 0.3) is 0 Å². The second-order valence-corrected chi connectivity index (χ2v) is 4.78. The molecular formula is C15H23NO2. The van der Waals surface area contributed by atoms with E-state index in [4.69, 9.17) is 0 Å². The van der Waals surface area contributed by atoms with Crippen molar-refractivity contribution in [1.29, 1.82) is 0 Å². The summed E-state index contributed by atoms with van der Waals surface area (Å²) in [5.41, 5.74) is 2.10. The lowest BCUT2D eigenvalue weighted by molar-refractivity contribution is -0.143. The van der Waals surface area contributed by atoms with E-state index >= 15 is 0 Å². The van der Waals surface area contributed by atoms with Crippen LogP contribution in [-0.2, 0) is 4.79 Å². The fourth-order valence-corrected chi connectivity index (χ4v) is 2.16. The molecule has 0 heterocycles. The number of carboxylic acid groups (broad SMARTS) is 1. The van der Waals surface area contributed by atoms with Crippen molar-refractivity contribution in [1.82, 2.24) is 4.90 Å². The van der Waals surface area contributed by atoms with Crippen LogP contribution in [0.5, 0.6) is 0 Å². The topological polar surface area (TPSA) is 40.5 Å². The minimum atomic E-state index is -0.781. The quantitative estimate of drug-likeness (QED) is 0.841. The second-order valence-electron chi connectivity index (χ2n) is 4.78. The molecule has 0 aliphatic heterocycles. The first-order valence-corrected chi connectivity index (χ1v) is 6.57. The van der Waals surface area contributed by atoms with Gasteiger partial charge in [0, 0.05) is 0 Å². The van der Waals surface area contributed by atoms with Crippen LogP contribution in [0.3, 0.4) is 0 Å². The molecule has 0 amide bonds. The number of rotatable bonds is 6. The van der Waals surface area contributed by atoms with Crippen molar-refractivity contribution in [2.75, 3.05) is 13.1 Å². The maximum Gasteiger partial charge on any atom is 0.325 e. The third-order valence-electron chi connectivity index (χ3n) is 3.33. The Bertz CT molecular complexity index is 380. The van der Waals surface area contributed by atoms with Crippen molar-refractivity contribution < 1.29 is 9.90 Å². The van der Waals surface area contributed by atoms with Crippen LogP contribution in [0.2, 0.25) is 0 Å². The van der Waals surface area contributed by atoms with Crippen molar-refractivity contribution in [3.8, 4) is 0 Å². The van der Waals surface area contributed by atoms with Crippen LogP contribution in [0.1, 0.15) is 50.8 Å². The van der Waals surface area contributed by atoms with Crippen LogP contribution >= 0.6 is 0 Å². The molecule has 0 fully saturated rings. The molecule has 100 valence electrons. The SMILES string of the molecule is CCN(CC)C(C(=O)O)c1ccc(C(C)C)cc1. The predicted molar refractivity (Wildman–Crippen MR) is 73.8 cm³/mol. The second kappa shape index (κ2) is 6.55. The molecule has 0 saturated carbocycles. The molecule has 0 aliphatic rings. The summed E-state index contributed by atoms with van der Waals surface area (Å²) in [5, 5.41) is 9.40. The summed E-state index contributed by atoms with van der Waals surface area (Å²) in [6.07, 6.45) is 0. The molecule has 0 radical (unpaired) electrons. The molecule has 0 aromatic heterocycles. The normalized spacial score (nSPS) is 13.0. The standard InChI is InChI=1S/C15H23NO2/c1-5-16(6-2)14(15(17)18)13-9-7-12(8-10-13)11(3)4/h7-11,14H,5-6H2,1-4H3,(H,17,18). The number of hydrogen-bond acceptors (Lipinski definition) is 2. The predicted octanol–water partition coefficient (Wildman–Crippen LogP) is 3.28. The summed E-state index contributed by atoms with van der Waals surface area (Å²) in [7, 11) is 0. The number of carboxylic acids is 1. The van der Waals surface area contributed by atoms with Crippen molar-refractivity contribution in [2.24, 2.45) is 0 Å². The van der Waals surface area contributed by atoms with Crippen LogP contribution < -0.4 is 0 Å². The van der Waals surface area contributed by atoms with Gasteiger partial charge in [0.2, 0.25) is 0 Å². The van der Waals surface area contributed by atoms with Gasteiger partial charge in [0.15, 0.2) is 0 Å². The molecule has 3 heteroatoms. The van der Waals surface area contributed by atoms with Gasteiger partial charge in [0.05, 0.1) is 0 Å². The molecule has 1 aromatic carbocycles. The third kappa shape index (κ3) is 3.33. The molecule has 1 unspecified atom stereocenters. The Kier molecular flexibility index (Phi) is 5.35. The van der Waals surface area contributed by atoms with Gasteiger partial charge in [-0.15, -0.1) is 0 Å². The number of hydrogen-bond donors (Lipinski definition) is 1. The first-order valence-electron chi connectivity index (χ1n) is 6.57. The maximum atomic E-state index is 11.4. The van der Waals surface area contributed by atoms with E-state index in [9.17, 15) is 9.90 Å². The lowest BCUT2D eigenvalue weighted by atomic mass is 9.98. The van der Waals surface area contributed by atoms with Crippen molar-refractivity contribution in [3.63, 3.8) is 0 Å². The monoisotopic (exact) mass is 249 g/mol. The van der Waals surface area contributed by atoms with Crippen molar-refractivity contribution >= 4 is 5.97 Å². The van der Waals surface area contributed by atoms with Gasteiger partial charge in [-0.3, -0.25) is 9.69 Å². The van der Waals surface area contributed by atoms with Crippen LogP contribution in [0.15, 0.2) is 24.3 Å². The fraction of sp³-hybridized carbons (Fsp3) is 0.533. The van der Waals surface area contributed by atoms with E-state index < -0.39 is 12.0 Å². The average Bonchev–Trinajstić information content (AvgIpc) is 2.35. The van der Waals surface area contributed by atoms with Gasteiger partial charge in [-0.1, -0.05) is 52.0 Å². The van der Waals surface area contributed by atoms with Crippen molar-refractivity contribution in [3.05, 3.63) is 35.4 Å². The van der Waals surface area contributed by atoms with E-state index in [1.165, 1.54) is 5.56 Å². The first kappa shape index (κ1) is 14.7. The number of carbonyl (C=O) groups is 1. The largest absolute Gasteiger partial charge is 0.480 e. The summed E-state index contributed by atoms with van der Waals surface area (Å²) in [4.78, 5) is 13.4. The molecule has 0 aliphatic carbocycles. The number of likely N-dealkylation sites (N-methyl/N-ethyl adjacent to an activating group) is 1. The van der Waals surface area contributed by atoms with Crippen molar-refractivity contribution in [2.45, 2.75) is 39.7 Å². The Labute approximate surface area is 109 Å². The molecule has 1 aromatic rings. The highest BCUT2D eigenvalue weighted by Gasteiger charge is 2.25. The van der Waals surface area contributed by atoms with E-state index in [1.807, 2.05) is 43.0 Å². The molecule has 1 N–H and O–H groups in total. The summed E-state index contributed by atoms with van der Waals surface area (Å²) >= 11 is 0. The highest BCUT2D eigenvalue weighted by molar-refractivity contribution is 5.75. The van der Waals surface area contributed by atoms with Crippen LogP contribution in [-0.4, -0.2) is 29.1 Å². The zero-order valence-corrected chi connectivity index (χ0v) is 11.7. The van der Waals surface area contributed by atoms with E-state index in [-0.39, 0.29) is 0 Å². The van der Waals surface area contributed by atoms with E-state index in [2.05, 4.69) is 13.8 Å². The highest BCUT2D eigenvalue weighted by Crippen LogP contribution is 2.23. The van der Waals surface area contributed by atoms with Gasteiger partial charge in [-0.2, -0.15) is 0 Å². The van der Waals surface area contributed by atoms with Crippen LogP contribution in [0.4, 0.5) is 0 Å². The molecule has 0 bridgehead atoms. The fourth-order valence-electron chi connectivity index (χ4n) is 2.16. The molecule has 1 atom stereocenters. The summed E-state index contributed by atoms with van der Waals surface area (Å²) in [6.45, 7) is 9.71. The molecular weight excluding hydrogens is 226 g/mol. The number of aliphatic carboxylic acids is 1. The Morgan fingerprint density at radius 3 is 1.89 bits per heavy atom. The third-order valence-corrected chi connectivity index (χ3v) is 3.33. The zero-order chi connectivity index (χ0) is 13.7. The average molecular weight is 249 g/mol. The molecule has 0 spiro atoms. The lowest BCUT2D eigenvalue weighted by Crippen LogP contribution is -2.33. The van der Waals surface area contributed by atoms with E-state index in [1.54, 1.807) is 0 Å². The Balaban J connectivity index is 3.03. The lowest BCUT2D eigenvalue weighted by Gasteiger charge is -2.26. The van der Waals surface area contributed by atoms with Crippen LogP contribution in [0, 0.1) is 0 Å². The van der Waals surface area contributed by atoms with Gasteiger partial charge in [-0.25, -0.2) is 0 Å². The van der Waals surface area contributed by atoms with E-state index in [0.717, 1.165) is 18.7 Å². The number of nitrogens with zero attached hydrogens (tertiary/aromatic N) is 1. The minimum Gasteiger partial charge on any atom is -0.480 e. The van der Waals surface area contributed by atoms with Gasteiger partial charge in [0.1, 0.15) is 6.04 Å². The molecule has 0 saturated heterocycles. The number of benzene rings is 1. The van der Waals surface area contributed by atoms with Gasteiger partial charge in [-0.05, 0) is 30.1 Å².